The van der Waals surface area contributed by atoms with Gasteiger partial charge in [0.05, 0.1) is 18.0 Å². The van der Waals surface area contributed by atoms with Crippen LogP contribution in [-0.4, -0.2) is 39.9 Å². The topological polar surface area (TPSA) is 32.0 Å². The Kier molecular flexibility index (Phi) is 6.27. The van der Waals surface area contributed by atoms with Gasteiger partial charge in [-0.15, -0.1) is 0 Å². The lowest BCUT2D eigenvalue weighted by Gasteiger charge is -2.46. The Labute approximate surface area is 177 Å². The van der Waals surface area contributed by atoms with Crippen LogP contribution in [0.2, 0.25) is 0 Å². The van der Waals surface area contributed by atoms with Crippen molar-refractivity contribution < 1.29 is 4.58 Å². The minimum absolute atomic E-state index is 0.0751. The van der Waals surface area contributed by atoms with Crippen LogP contribution in [0.4, 0.5) is 11.6 Å². The third-order valence-electron chi connectivity index (χ3n) is 6.83. The van der Waals surface area contributed by atoms with E-state index in [1.165, 1.54) is 16.8 Å². The summed E-state index contributed by atoms with van der Waals surface area (Å²) >= 11 is 0. The van der Waals surface area contributed by atoms with E-state index in [1.807, 2.05) is 52.2 Å². The van der Waals surface area contributed by atoms with Crippen LogP contribution in [0, 0.1) is 0 Å². The Hall–Kier alpha value is -2.23. The minimum atomic E-state index is -0.206. The van der Waals surface area contributed by atoms with E-state index in [-0.39, 0.29) is 16.4 Å². The third-order valence-corrected chi connectivity index (χ3v) is 6.83. The van der Waals surface area contributed by atoms with Gasteiger partial charge in [0.1, 0.15) is 23.3 Å². The molecule has 0 aromatic carbocycles. The molecule has 2 aromatic heterocycles. The monoisotopic (exact) mass is 395 g/mol. The lowest BCUT2D eigenvalue weighted by atomic mass is 9.62. The molecule has 4 heterocycles. The van der Waals surface area contributed by atoms with E-state index in [1.54, 1.807) is 0 Å². The molecule has 2 aromatic rings. The van der Waals surface area contributed by atoms with Crippen molar-refractivity contribution in [1.29, 1.82) is 0 Å². The van der Waals surface area contributed by atoms with Crippen LogP contribution in [0.3, 0.4) is 0 Å². The fourth-order valence-electron chi connectivity index (χ4n) is 5.24. The predicted octanol–water partition coefficient (Wildman–Crippen LogP) is 5.72. The molecule has 4 heteroatoms. The van der Waals surface area contributed by atoms with Gasteiger partial charge in [0.2, 0.25) is 0 Å². The lowest BCUT2D eigenvalue weighted by molar-refractivity contribution is -0.410. The first-order chi connectivity index (χ1) is 13.6. The zero-order valence-electron chi connectivity index (χ0n) is 20.3. The number of aromatic nitrogens is 2. The molecule has 1 unspecified atom stereocenters. The predicted molar refractivity (Wildman–Crippen MR) is 125 cm³/mol. The number of anilines is 1. The lowest BCUT2D eigenvalue weighted by Crippen LogP contribution is -2.63. The van der Waals surface area contributed by atoms with Crippen molar-refractivity contribution in [2.45, 2.75) is 78.7 Å². The highest BCUT2D eigenvalue weighted by atomic mass is 15.3. The maximum atomic E-state index is 4.70. The smallest absolute Gasteiger partial charge is 0.326 e. The van der Waals surface area contributed by atoms with Crippen LogP contribution >= 0.6 is 0 Å². The van der Waals surface area contributed by atoms with E-state index in [4.69, 9.17) is 4.98 Å². The first-order valence-corrected chi connectivity index (χ1v) is 10.9. The summed E-state index contributed by atoms with van der Waals surface area (Å²) in [5, 5.41) is 0. The Bertz CT molecular complexity index is 911. The van der Waals surface area contributed by atoms with Crippen LogP contribution in [0.1, 0.15) is 73.4 Å². The van der Waals surface area contributed by atoms with Gasteiger partial charge in [-0.1, -0.05) is 47.6 Å². The SMILES string of the molecule is CC.CC.CN1c2ncccc2C(C)(C)C1(C)C1=[N+](C)c2ncccc2C1(C)C. The highest BCUT2D eigenvalue weighted by Crippen LogP contribution is 2.55. The number of pyridine rings is 2. The fraction of sp³-hybridized carbons (Fsp3) is 0.560. The number of rotatable bonds is 1. The van der Waals surface area contributed by atoms with Gasteiger partial charge in [-0.05, 0) is 44.0 Å². The molecule has 0 amide bonds. The van der Waals surface area contributed by atoms with Crippen LogP contribution in [-0.2, 0) is 10.8 Å². The number of likely N-dealkylation sites (N-methyl/N-ethyl adjacent to an activating group) is 1. The van der Waals surface area contributed by atoms with Gasteiger partial charge < -0.3 is 4.90 Å². The van der Waals surface area contributed by atoms with Gasteiger partial charge in [0.15, 0.2) is 0 Å². The summed E-state index contributed by atoms with van der Waals surface area (Å²) in [6.45, 7) is 19.7. The van der Waals surface area contributed by atoms with Gasteiger partial charge in [-0.2, -0.15) is 0 Å². The maximum Gasteiger partial charge on any atom is 0.326 e. The molecule has 0 saturated carbocycles. The molecule has 1 atom stereocenters. The average molecular weight is 396 g/mol. The zero-order valence-corrected chi connectivity index (χ0v) is 20.3. The summed E-state index contributed by atoms with van der Waals surface area (Å²) in [6.07, 6.45) is 3.78. The largest absolute Gasteiger partial charge is 0.346 e. The molecule has 0 fully saturated rings. The van der Waals surface area contributed by atoms with Crippen molar-refractivity contribution >= 4 is 17.3 Å². The van der Waals surface area contributed by atoms with E-state index in [0.717, 1.165) is 11.6 Å². The van der Waals surface area contributed by atoms with Crippen molar-refractivity contribution in [2.75, 3.05) is 19.0 Å². The molecule has 29 heavy (non-hydrogen) atoms. The average Bonchev–Trinajstić information content (AvgIpc) is 3.04. The molecule has 2 aliphatic rings. The molecule has 0 aliphatic carbocycles. The van der Waals surface area contributed by atoms with Gasteiger partial charge in [0, 0.05) is 24.2 Å². The molecule has 0 N–H and O–H groups in total. The molecule has 0 bridgehead atoms. The van der Waals surface area contributed by atoms with E-state index in [9.17, 15) is 0 Å². The first kappa shape index (κ1) is 23.1. The quantitative estimate of drug-likeness (QED) is 0.579. The summed E-state index contributed by atoms with van der Waals surface area (Å²) in [6, 6.07) is 8.52. The zero-order chi connectivity index (χ0) is 22.2. The Balaban J connectivity index is 0.000000707. The highest BCUT2D eigenvalue weighted by molar-refractivity contribution is 6.06. The molecule has 4 nitrogen and oxygen atoms in total. The number of hydrogen-bond donors (Lipinski definition) is 0. The Morgan fingerprint density at radius 3 is 1.86 bits per heavy atom. The molecule has 2 aliphatic heterocycles. The van der Waals surface area contributed by atoms with Crippen LogP contribution < -0.4 is 4.90 Å². The number of hydrogen-bond acceptors (Lipinski definition) is 3. The van der Waals surface area contributed by atoms with Crippen LogP contribution in [0.25, 0.3) is 0 Å². The van der Waals surface area contributed by atoms with Crippen molar-refractivity contribution in [2.24, 2.45) is 0 Å². The highest BCUT2D eigenvalue weighted by Gasteiger charge is 2.63. The second-order valence-electron chi connectivity index (χ2n) is 8.54. The molecular weight excluding hydrogens is 356 g/mol. The number of nitrogens with zero attached hydrogens (tertiary/aromatic N) is 4. The molecular formula is C25H39N4+. The van der Waals surface area contributed by atoms with Crippen molar-refractivity contribution in [3.8, 4) is 0 Å². The van der Waals surface area contributed by atoms with E-state index < -0.39 is 0 Å². The van der Waals surface area contributed by atoms with Gasteiger partial charge in [0.25, 0.3) is 0 Å². The maximum absolute atomic E-state index is 4.70. The van der Waals surface area contributed by atoms with Crippen LogP contribution in [0.5, 0.6) is 0 Å². The minimum Gasteiger partial charge on any atom is -0.346 e. The molecule has 0 saturated heterocycles. The first-order valence-electron chi connectivity index (χ1n) is 10.9. The second kappa shape index (κ2) is 7.89. The van der Waals surface area contributed by atoms with Gasteiger partial charge >= 0.3 is 5.82 Å². The van der Waals surface area contributed by atoms with Crippen LogP contribution in [0.15, 0.2) is 36.7 Å². The second-order valence-corrected chi connectivity index (χ2v) is 8.54. The normalized spacial score (nSPS) is 22.8. The van der Waals surface area contributed by atoms with E-state index in [0.29, 0.717) is 0 Å². The molecule has 0 spiro atoms. The molecule has 4 rings (SSSR count). The summed E-state index contributed by atoms with van der Waals surface area (Å²) in [4.78, 5) is 11.7. The molecule has 0 radical (unpaired) electrons. The summed E-state index contributed by atoms with van der Waals surface area (Å²) in [7, 11) is 4.33. The van der Waals surface area contributed by atoms with Crippen molar-refractivity contribution in [3.63, 3.8) is 0 Å². The standard InChI is InChI=1S/C21H27N4.2C2H6/c1-19(2)14-10-8-12-22-16(14)24(6)18(19)21(5)20(3,4)15-11-9-13-23-17(15)25(21)7;2*1-2/h8-13H,1-7H3;2*1-2H3/q+1;;. The van der Waals surface area contributed by atoms with Gasteiger partial charge in [-0.25, -0.2) is 9.56 Å². The van der Waals surface area contributed by atoms with Crippen molar-refractivity contribution in [3.05, 3.63) is 47.8 Å². The Morgan fingerprint density at radius 1 is 0.828 bits per heavy atom. The Morgan fingerprint density at radius 2 is 1.34 bits per heavy atom. The third kappa shape index (κ3) is 2.91. The van der Waals surface area contributed by atoms with Gasteiger partial charge in [-0.3, -0.25) is 0 Å². The van der Waals surface area contributed by atoms with E-state index in [2.05, 4.69) is 75.3 Å². The summed E-state index contributed by atoms with van der Waals surface area (Å²) in [5.74, 6) is 2.15. The van der Waals surface area contributed by atoms with Crippen molar-refractivity contribution in [1.82, 2.24) is 9.97 Å². The van der Waals surface area contributed by atoms with E-state index >= 15 is 0 Å². The fourth-order valence-corrected chi connectivity index (χ4v) is 5.24. The molecule has 158 valence electrons. The number of fused-ring (bicyclic) bond motifs is 2. The summed E-state index contributed by atoms with van der Waals surface area (Å²) < 4.78 is 2.31. The summed E-state index contributed by atoms with van der Waals surface area (Å²) in [5.41, 5.74) is 3.60.